The first-order valence-electron chi connectivity index (χ1n) is 9.12. The Morgan fingerprint density at radius 2 is 1.79 bits per heavy atom. The van der Waals surface area contributed by atoms with Crippen LogP contribution in [0.15, 0.2) is 58.3 Å². The SMILES string of the molecule is C[C@H](NC(=O)c1ccccc1S[C@H]1CCS(=O)(=O)C1)c1ccc(S(C)(=O)=O)cc1. The van der Waals surface area contributed by atoms with Crippen molar-refractivity contribution in [3.8, 4) is 0 Å². The molecule has 0 bridgehead atoms. The quantitative estimate of drug-likeness (QED) is 0.722. The third-order valence-electron chi connectivity index (χ3n) is 4.77. The largest absolute Gasteiger partial charge is 0.345 e. The second-order valence-corrected chi connectivity index (χ2v) is 12.8. The van der Waals surface area contributed by atoms with Crippen molar-refractivity contribution < 1.29 is 21.6 Å². The molecule has 2 atom stereocenters. The van der Waals surface area contributed by atoms with Crippen molar-refractivity contribution in [2.75, 3.05) is 17.8 Å². The molecular weight excluding hydrogens is 430 g/mol. The first-order valence-corrected chi connectivity index (χ1v) is 13.7. The fraction of sp³-hybridized carbons (Fsp3) is 0.350. The van der Waals surface area contributed by atoms with E-state index in [1.807, 2.05) is 19.1 Å². The minimum Gasteiger partial charge on any atom is -0.345 e. The van der Waals surface area contributed by atoms with Gasteiger partial charge in [0.25, 0.3) is 5.91 Å². The molecule has 29 heavy (non-hydrogen) atoms. The summed E-state index contributed by atoms with van der Waals surface area (Å²) < 4.78 is 46.6. The Kier molecular flexibility index (Phi) is 6.40. The highest BCUT2D eigenvalue weighted by atomic mass is 32.2. The van der Waals surface area contributed by atoms with Gasteiger partial charge < -0.3 is 5.32 Å². The van der Waals surface area contributed by atoms with Crippen LogP contribution >= 0.6 is 11.8 Å². The summed E-state index contributed by atoms with van der Waals surface area (Å²) >= 11 is 1.43. The molecule has 1 aliphatic heterocycles. The Morgan fingerprint density at radius 1 is 1.14 bits per heavy atom. The maximum Gasteiger partial charge on any atom is 0.252 e. The molecule has 1 saturated heterocycles. The molecule has 0 unspecified atom stereocenters. The fourth-order valence-electron chi connectivity index (χ4n) is 3.15. The Hall–Kier alpha value is -1.84. The molecule has 6 nitrogen and oxygen atoms in total. The lowest BCUT2D eigenvalue weighted by atomic mass is 10.1. The lowest BCUT2D eigenvalue weighted by Gasteiger charge is -2.17. The predicted molar refractivity (Wildman–Crippen MR) is 115 cm³/mol. The number of hydrogen-bond donors (Lipinski definition) is 1. The average Bonchev–Trinajstić information content (AvgIpc) is 3.00. The number of nitrogens with one attached hydrogen (secondary N) is 1. The number of carbonyl (C=O) groups excluding carboxylic acids is 1. The van der Waals surface area contributed by atoms with Crippen LogP contribution in [0.2, 0.25) is 0 Å². The van der Waals surface area contributed by atoms with Gasteiger partial charge in [0, 0.05) is 16.4 Å². The molecule has 1 N–H and O–H groups in total. The van der Waals surface area contributed by atoms with E-state index in [0.29, 0.717) is 12.0 Å². The van der Waals surface area contributed by atoms with Gasteiger partial charge in [-0.1, -0.05) is 24.3 Å². The van der Waals surface area contributed by atoms with Crippen molar-refractivity contribution >= 4 is 37.3 Å². The van der Waals surface area contributed by atoms with Crippen LogP contribution in [0.25, 0.3) is 0 Å². The predicted octanol–water partition coefficient (Wildman–Crippen LogP) is 2.86. The van der Waals surface area contributed by atoms with Crippen molar-refractivity contribution in [1.82, 2.24) is 5.32 Å². The third-order valence-corrected chi connectivity index (χ3v) is 9.22. The summed E-state index contributed by atoms with van der Waals surface area (Å²) in [7, 11) is -6.25. The van der Waals surface area contributed by atoms with Crippen molar-refractivity contribution in [1.29, 1.82) is 0 Å². The molecule has 0 aromatic heterocycles. The standard InChI is InChI=1S/C20H23NO5S3/c1-14(15-7-9-17(10-8-15)28(2,23)24)21-20(22)18-5-3-4-6-19(18)27-16-11-12-29(25,26)13-16/h3-10,14,16H,11-13H2,1-2H3,(H,21,22)/t14-,16-/m0/s1. The summed E-state index contributed by atoms with van der Waals surface area (Å²) in [6, 6.07) is 13.3. The van der Waals surface area contributed by atoms with E-state index in [9.17, 15) is 21.6 Å². The topological polar surface area (TPSA) is 97.4 Å². The molecule has 3 rings (SSSR count). The number of rotatable bonds is 6. The van der Waals surface area contributed by atoms with Crippen LogP contribution in [0.5, 0.6) is 0 Å². The number of thioether (sulfide) groups is 1. The molecule has 156 valence electrons. The van der Waals surface area contributed by atoms with E-state index in [0.717, 1.165) is 16.7 Å². The molecule has 0 saturated carbocycles. The number of amides is 1. The number of sulfone groups is 2. The molecule has 0 aliphatic carbocycles. The van der Waals surface area contributed by atoms with Crippen molar-refractivity contribution in [2.24, 2.45) is 0 Å². The summed E-state index contributed by atoms with van der Waals surface area (Å²) in [4.78, 5) is 13.8. The van der Waals surface area contributed by atoms with Crippen LogP contribution < -0.4 is 5.32 Å². The molecule has 0 spiro atoms. The smallest absolute Gasteiger partial charge is 0.252 e. The molecule has 2 aromatic rings. The van der Waals surface area contributed by atoms with Crippen LogP contribution in [0, 0.1) is 0 Å². The van der Waals surface area contributed by atoms with Gasteiger partial charge in [-0.3, -0.25) is 4.79 Å². The number of benzene rings is 2. The summed E-state index contributed by atoms with van der Waals surface area (Å²) in [6.07, 6.45) is 1.74. The molecule has 2 aromatic carbocycles. The minimum atomic E-state index is -3.27. The zero-order valence-corrected chi connectivity index (χ0v) is 18.6. The van der Waals surface area contributed by atoms with E-state index >= 15 is 0 Å². The van der Waals surface area contributed by atoms with Gasteiger partial charge in [0.05, 0.1) is 28.0 Å². The Bertz CT molecular complexity index is 1110. The van der Waals surface area contributed by atoms with E-state index in [4.69, 9.17) is 0 Å². The summed E-state index contributed by atoms with van der Waals surface area (Å²) in [5, 5.41) is 2.89. The zero-order valence-electron chi connectivity index (χ0n) is 16.2. The fourth-order valence-corrected chi connectivity index (χ4v) is 7.41. The first-order chi connectivity index (χ1) is 13.5. The van der Waals surface area contributed by atoms with Gasteiger partial charge in [0.15, 0.2) is 19.7 Å². The maximum atomic E-state index is 12.8. The van der Waals surface area contributed by atoms with Gasteiger partial charge in [-0.05, 0) is 43.2 Å². The highest BCUT2D eigenvalue weighted by Crippen LogP contribution is 2.33. The van der Waals surface area contributed by atoms with E-state index in [1.165, 1.54) is 23.9 Å². The van der Waals surface area contributed by atoms with E-state index in [-0.39, 0.29) is 33.6 Å². The highest BCUT2D eigenvalue weighted by Gasteiger charge is 2.29. The van der Waals surface area contributed by atoms with Gasteiger partial charge in [0.1, 0.15) is 0 Å². The van der Waals surface area contributed by atoms with Gasteiger partial charge in [0.2, 0.25) is 0 Å². The van der Waals surface area contributed by atoms with Crippen LogP contribution in [-0.2, 0) is 19.7 Å². The minimum absolute atomic E-state index is 0.0464. The second kappa shape index (κ2) is 8.49. The average molecular weight is 454 g/mol. The molecule has 9 heteroatoms. The van der Waals surface area contributed by atoms with E-state index in [1.54, 1.807) is 24.3 Å². The highest BCUT2D eigenvalue weighted by molar-refractivity contribution is 8.02. The Morgan fingerprint density at radius 3 is 2.38 bits per heavy atom. The summed E-state index contributed by atoms with van der Waals surface area (Å²) in [5.41, 5.74) is 1.29. The molecular formula is C20H23NO5S3. The van der Waals surface area contributed by atoms with E-state index in [2.05, 4.69) is 5.32 Å². The molecule has 1 amide bonds. The monoisotopic (exact) mass is 453 g/mol. The van der Waals surface area contributed by atoms with Gasteiger partial charge >= 0.3 is 0 Å². The summed E-state index contributed by atoms with van der Waals surface area (Å²) in [5.74, 6) is 0.0737. The summed E-state index contributed by atoms with van der Waals surface area (Å²) in [6.45, 7) is 1.83. The first kappa shape index (κ1) is 21.9. The lowest BCUT2D eigenvalue weighted by molar-refractivity contribution is 0.0937. The van der Waals surface area contributed by atoms with Crippen LogP contribution in [0.3, 0.4) is 0 Å². The molecule has 1 fully saturated rings. The van der Waals surface area contributed by atoms with Gasteiger partial charge in [-0.25, -0.2) is 16.8 Å². The van der Waals surface area contributed by atoms with Crippen LogP contribution in [-0.4, -0.2) is 45.8 Å². The Labute approximate surface area is 175 Å². The van der Waals surface area contributed by atoms with Crippen LogP contribution in [0.1, 0.15) is 35.3 Å². The number of carbonyl (C=O) groups is 1. The van der Waals surface area contributed by atoms with Crippen LogP contribution in [0.4, 0.5) is 0 Å². The molecule has 1 heterocycles. The van der Waals surface area contributed by atoms with Crippen molar-refractivity contribution in [3.05, 3.63) is 59.7 Å². The van der Waals surface area contributed by atoms with Crippen molar-refractivity contribution in [3.63, 3.8) is 0 Å². The lowest BCUT2D eigenvalue weighted by Crippen LogP contribution is -2.27. The Balaban J connectivity index is 1.72. The van der Waals surface area contributed by atoms with Gasteiger partial charge in [-0.15, -0.1) is 11.8 Å². The number of hydrogen-bond acceptors (Lipinski definition) is 6. The van der Waals surface area contributed by atoms with E-state index < -0.39 is 19.7 Å². The molecule has 1 aliphatic rings. The van der Waals surface area contributed by atoms with Crippen molar-refractivity contribution in [2.45, 2.75) is 34.4 Å². The zero-order chi connectivity index (χ0) is 21.2. The third kappa shape index (κ3) is 5.61. The maximum absolute atomic E-state index is 12.8. The molecule has 0 radical (unpaired) electrons. The van der Waals surface area contributed by atoms with Gasteiger partial charge in [-0.2, -0.15) is 0 Å². The second-order valence-electron chi connectivity index (χ2n) is 7.18. The normalized spacial score (nSPS) is 19.6.